The number of aromatic hydroxyl groups is 3. The number of para-hydroxylation sites is 2. The van der Waals surface area contributed by atoms with E-state index in [2.05, 4.69) is 10.2 Å². The molecule has 0 aliphatic heterocycles. The Hall–Kier alpha value is -4.24. The van der Waals surface area contributed by atoms with Crippen LogP contribution < -0.4 is 4.74 Å². The molecule has 0 atom stereocenters. The Morgan fingerprint density at radius 3 is 2.24 bits per heavy atom. The fraction of sp³-hybridized carbons (Fsp3) is 0.0833. The van der Waals surface area contributed by atoms with Crippen molar-refractivity contribution in [1.82, 2.24) is 0 Å². The van der Waals surface area contributed by atoms with Gasteiger partial charge in [-0.15, -0.1) is 10.2 Å². The van der Waals surface area contributed by atoms with E-state index < -0.39 is 47.9 Å². The van der Waals surface area contributed by atoms with E-state index in [4.69, 9.17) is 4.74 Å². The summed E-state index contributed by atoms with van der Waals surface area (Å²) in [5.41, 5.74) is -0.868. The van der Waals surface area contributed by atoms with E-state index in [0.717, 1.165) is 12.1 Å². The molecule has 14 heteroatoms. The Morgan fingerprint density at radius 1 is 0.895 bits per heavy atom. The molecule has 4 rings (SSSR count). The highest BCUT2D eigenvalue weighted by Crippen LogP contribution is 2.49. The fourth-order valence-corrected chi connectivity index (χ4v) is 5.12. The van der Waals surface area contributed by atoms with E-state index in [-0.39, 0.29) is 45.2 Å². The van der Waals surface area contributed by atoms with E-state index in [1.54, 1.807) is 6.07 Å². The molecule has 38 heavy (non-hydrogen) atoms. The molecule has 0 radical (unpaired) electrons. The first kappa shape index (κ1) is 26.8. The summed E-state index contributed by atoms with van der Waals surface area (Å²) >= 11 is 0. The third-order valence-corrected chi connectivity index (χ3v) is 7.39. The lowest BCUT2D eigenvalue weighted by molar-refractivity contribution is 0.373. The summed E-state index contributed by atoms with van der Waals surface area (Å²) in [7, 11) is -8.49. The SMILES string of the molecule is COc1cccc(C=C2CC(S(=O)(=O)O)=Cc3cc(S(=O)(=O)O)c(N=Nc4ccccc4O)c(O)c32)c1O. The van der Waals surface area contributed by atoms with Gasteiger partial charge in [-0.05, 0) is 47.6 Å². The van der Waals surface area contributed by atoms with Crippen LogP contribution in [0.2, 0.25) is 0 Å². The molecule has 3 aromatic carbocycles. The number of benzene rings is 3. The third-order valence-electron chi connectivity index (χ3n) is 5.60. The Bertz CT molecular complexity index is 1760. The van der Waals surface area contributed by atoms with Crippen molar-refractivity contribution in [3.63, 3.8) is 0 Å². The second kappa shape index (κ2) is 9.90. The van der Waals surface area contributed by atoms with Gasteiger partial charge in [0, 0.05) is 17.5 Å². The van der Waals surface area contributed by atoms with Crippen molar-refractivity contribution >= 4 is 49.3 Å². The quantitative estimate of drug-likeness (QED) is 0.208. The molecule has 0 aromatic heterocycles. The van der Waals surface area contributed by atoms with E-state index in [1.165, 1.54) is 49.6 Å². The molecule has 0 amide bonds. The van der Waals surface area contributed by atoms with Crippen LogP contribution in [0.3, 0.4) is 0 Å². The van der Waals surface area contributed by atoms with Gasteiger partial charge in [0.25, 0.3) is 20.2 Å². The zero-order chi connectivity index (χ0) is 27.8. The molecule has 0 fully saturated rings. The van der Waals surface area contributed by atoms with Gasteiger partial charge in [-0.3, -0.25) is 9.11 Å². The van der Waals surface area contributed by atoms with Crippen LogP contribution >= 0.6 is 0 Å². The van der Waals surface area contributed by atoms with Gasteiger partial charge in [-0.25, -0.2) is 0 Å². The maximum Gasteiger partial charge on any atom is 0.296 e. The minimum Gasteiger partial charge on any atom is -0.506 e. The number of hydrogen-bond donors (Lipinski definition) is 5. The van der Waals surface area contributed by atoms with Gasteiger partial charge in [0.05, 0.1) is 12.0 Å². The van der Waals surface area contributed by atoms with E-state index in [0.29, 0.717) is 0 Å². The molecular formula is C24H20N2O10S2. The molecule has 0 unspecified atom stereocenters. The predicted octanol–water partition coefficient (Wildman–Crippen LogP) is 4.65. The summed E-state index contributed by atoms with van der Waals surface area (Å²) in [5.74, 6) is -1.30. The van der Waals surface area contributed by atoms with Crippen LogP contribution in [0.15, 0.2) is 68.6 Å². The van der Waals surface area contributed by atoms with Gasteiger partial charge < -0.3 is 20.1 Å². The zero-order valence-corrected chi connectivity index (χ0v) is 21.1. The second-order valence-corrected chi connectivity index (χ2v) is 10.9. The van der Waals surface area contributed by atoms with Crippen LogP contribution in [-0.4, -0.2) is 48.4 Å². The first-order valence-corrected chi connectivity index (χ1v) is 13.5. The van der Waals surface area contributed by atoms with Gasteiger partial charge in [0.1, 0.15) is 22.0 Å². The molecule has 0 saturated heterocycles. The van der Waals surface area contributed by atoms with E-state index in [1.807, 2.05) is 0 Å². The summed E-state index contributed by atoms with van der Waals surface area (Å²) < 4.78 is 72.9. The molecule has 1 aliphatic rings. The standard InChI is InChI=1S/C24H20N2O10S2/c1-36-19-8-4-5-13(23(19)28)9-14-10-16(37(30,31)32)11-15-12-20(38(33,34)35)22(24(29)21(14)15)26-25-17-6-2-3-7-18(17)27/h2-9,11-12,27-29H,10H2,1H3,(H,30,31,32)(H,33,34,35). The minimum atomic E-state index is -5.04. The Balaban J connectivity index is 2.04. The first-order valence-electron chi connectivity index (χ1n) is 10.6. The summed E-state index contributed by atoms with van der Waals surface area (Å²) in [4.78, 5) is -1.45. The molecule has 3 aromatic rings. The smallest absolute Gasteiger partial charge is 0.296 e. The maximum absolute atomic E-state index is 12.2. The van der Waals surface area contributed by atoms with Crippen LogP contribution in [0.4, 0.5) is 11.4 Å². The highest BCUT2D eigenvalue weighted by atomic mass is 32.2. The lowest BCUT2D eigenvalue weighted by Crippen LogP contribution is -2.09. The number of phenols is 3. The summed E-state index contributed by atoms with van der Waals surface area (Å²) in [6.07, 6.45) is 1.79. The average molecular weight is 561 g/mol. The van der Waals surface area contributed by atoms with Gasteiger partial charge in [0.2, 0.25) is 0 Å². The topological polar surface area (TPSA) is 203 Å². The van der Waals surface area contributed by atoms with Crippen molar-refractivity contribution in [3.05, 3.63) is 70.1 Å². The number of phenolic OH excluding ortho intramolecular Hbond substituents is 3. The van der Waals surface area contributed by atoms with Crippen LogP contribution in [0.1, 0.15) is 23.1 Å². The number of rotatable bonds is 6. The van der Waals surface area contributed by atoms with Crippen molar-refractivity contribution in [2.24, 2.45) is 10.2 Å². The normalized spacial score (nSPS) is 14.9. The van der Waals surface area contributed by atoms with Crippen molar-refractivity contribution in [3.8, 4) is 23.0 Å². The van der Waals surface area contributed by atoms with Crippen molar-refractivity contribution in [2.75, 3.05) is 7.11 Å². The monoisotopic (exact) mass is 560 g/mol. The van der Waals surface area contributed by atoms with E-state index in [9.17, 15) is 41.3 Å². The van der Waals surface area contributed by atoms with Gasteiger partial charge in [0.15, 0.2) is 17.2 Å². The van der Waals surface area contributed by atoms with Crippen molar-refractivity contribution in [2.45, 2.75) is 11.3 Å². The van der Waals surface area contributed by atoms with Crippen LogP contribution in [-0.2, 0) is 20.2 Å². The fourth-order valence-electron chi connectivity index (χ4n) is 3.85. The second-order valence-electron chi connectivity index (χ2n) is 8.03. The number of fused-ring (bicyclic) bond motifs is 1. The van der Waals surface area contributed by atoms with Crippen molar-refractivity contribution < 1.29 is 46.0 Å². The highest BCUT2D eigenvalue weighted by Gasteiger charge is 2.31. The molecule has 1 aliphatic carbocycles. The number of methoxy groups -OCH3 is 1. The summed E-state index contributed by atoms with van der Waals surface area (Å²) in [5, 5.41) is 39.2. The third kappa shape index (κ3) is 5.24. The first-order chi connectivity index (χ1) is 17.8. The lowest BCUT2D eigenvalue weighted by Gasteiger charge is -2.22. The average Bonchev–Trinajstić information content (AvgIpc) is 2.84. The number of hydrogen-bond acceptors (Lipinski definition) is 10. The molecule has 12 nitrogen and oxygen atoms in total. The lowest BCUT2D eigenvalue weighted by atomic mass is 9.89. The predicted molar refractivity (Wildman–Crippen MR) is 137 cm³/mol. The molecule has 5 N–H and O–H groups in total. The van der Waals surface area contributed by atoms with Crippen LogP contribution in [0, 0.1) is 0 Å². The summed E-state index contributed by atoms with van der Waals surface area (Å²) in [6, 6.07) is 11.0. The number of nitrogens with zero attached hydrogens (tertiary/aromatic N) is 2. The molecule has 0 spiro atoms. The molecule has 0 bridgehead atoms. The van der Waals surface area contributed by atoms with Crippen LogP contribution in [0.25, 0.3) is 17.7 Å². The Morgan fingerprint density at radius 2 is 1.61 bits per heavy atom. The van der Waals surface area contributed by atoms with Gasteiger partial charge >= 0.3 is 0 Å². The van der Waals surface area contributed by atoms with Gasteiger partial charge in [-0.1, -0.05) is 24.3 Å². The molecule has 198 valence electrons. The molecular weight excluding hydrogens is 540 g/mol. The highest BCUT2D eigenvalue weighted by molar-refractivity contribution is 7.90. The van der Waals surface area contributed by atoms with Gasteiger partial charge in [-0.2, -0.15) is 16.8 Å². The zero-order valence-electron chi connectivity index (χ0n) is 19.5. The molecule has 0 saturated carbocycles. The Kier molecular flexibility index (Phi) is 6.99. The number of azo groups is 1. The van der Waals surface area contributed by atoms with Crippen LogP contribution in [0.5, 0.6) is 23.0 Å². The number of allylic oxidation sites excluding steroid dienone is 2. The van der Waals surface area contributed by atoms with Crippen molar-refractivity contribution in [1.29, 1.82) is 0 Å². The minimum absolute atomic E-state index is 0.0390. The molecule has 0 heterocycles. The Labute approximate surface area is 217 Å². The maximum atomic E-state index is 12.2. The number of ether oxygens (including phenoxy) is 1. The largest absolute Gasteiger partial charge is 0.506 e. The van der Waals surface area contributed by atoms with E-state index >= 15 is 0 Å². The summed E-state index contributed by atoms with van der Waals surface area (Å²) in [6.45, 7) is 0.